The van der Waals surface area contributed by atoms with Crippen molar-refractivity contribution in [1.29, 1.82) is 0 Å². The number of hydrogen-bond donors (Lipinski definition) is 0. The summed E-state index contributed by atoms with van der Waals surface area (Å²) in [4.78, 5) is 35.1. The van der Waals surface area contributed by atoms with Gasteiger partial charge in [0, 0.05) is 51.0 Å². The first-order valence-corrected chi connectivity index (χ1v) is 7.99. The monoisotopic (exact) mass is 335 g/mol. The molecule has 0 aromatic carbocycles. The van der Waals surface area contributed by atoms with Crippen molar-refractivity contribution in [3.63, 3.8) is 0 Å². The Morgan fingerprint density at radius 3 is 2.54 bits per heavy atom. The van der Waals surface area contributed by atoms with Crippen LogP contribution in [0.25, 0.3) is 0 Å². The van der Waals surface area contributed by atoms with E-state index in [9.17, 15) is 14.7 Å². The lowest BCUT2D eigenvalue weighted by Gasteiger charge is -2.27. The van der Waals surface area contributed by atoms with E-state index >= 15 is 0 Å². The van der Waals surface area contributed by atoms with Crippen molar-refractivity contribution in [2.24, 2.45) is 0 Å². The van der Waals surface area contributed by atoms with Crippen LogP contribution in [0.2, 0.25) is 0 Å². The lowest BCUT2D eigenvalue weighted by molar-refractivity contribution is -0.304. The highest BCUT2D eigenvalue weighted by Crippen LogP contribution is 2.18. The summed E-state index contributed by atoms with van der Waals surface area (Å²) < 4.78 is 5.40. The second-order valence-corrected chi connectivity index (χ2v) is 6.68. The third-order valence-electron chi connectivity index (χ3n) is 3.51. The van der Waals surface area contributed by atoms with Gasteiger partial charge in [-0.1, -0.05) is 0 Å². The van der Waals surface area contributed by atoms with Gasteiger partial charge in [0.1, 0.15) is 5.60 Å². The summed E-state index contributed by atoms with van der Waals surface area (Å²) in [5.74, 6) is -0.658. The number of amides is 1. The maximum Gasteiger partial charge on any atom is 0.410 e. The molecule has 1 aromatic heterocycles. The van der Waals surface area contributed by atoms with Crippen LogP contribution in [-0.4, -0.2) is 58.7 Å². The lowest BCUT2D eigenvalue weighted by atomic mass is 10.2. The smallest absolute Gasteiger partial charge is 0.410 e. The summed E-state index contributed by atoms with van der Waals surface area (Å²) in [6.45, 7) is 7.77. The highest BCUT2D eigenvalue weighted by Gasteiger charge is 2.25. The molecule has 0 radical (unpaired) electrons. The normalized spacial score (nSPS) is 15.8. The third-order valence-corrected chi connectivity index (χ3v) is 3.51. The molecule has 1 fully saturated rings. The topological polar surface area (TPSA) is 98.7 Å². The molecule has 0 aliphatic carbocycles. The van der Waals surface area contributed by atoms with Gasteiger partial charge in [-0.05, 0) is 27.2 Å². The molecule has 1 aliphatic heterocycles. The molecule has 0 N–H and O–H groups in total. The molecule has 2 rings (SSSR count). The summed E-state index contributed by atoms with van der Waals surface area (Å²) >= 11 is 0. The Kier molecular flexibility index (Phi) is 5.58. The number of hydrogen-bond acceptors (Lipinski definition) is 7. The van der Waals surface area contributed by atoms with Gasteiger partial charge in [0.25, 0.3) is 0 Å². The Labute approximate surface area is 141 Å². The largest absolute Gasteiger partial charge is 0.550 e. The van der Waals surface area contributed by atoms with Gasteiger partial charge in [0.15, 0.2) is 5.82 Å². The molecule has 0 saturated carbocycles. The fraction of sp³-hybridized carbons (Fsp3) is 0.625. The number of aromatic nitrogens is 2. The van der Waals surface area contributed by atoms with Gasteiger partial charge >= 0.3 is 6.09 Å². The van der Waals surface area contributed by atoms with Crippen LogP contribution < -0.4 is 10.0 Å². The molecule has 0 atom stereocenters. The van der Waals surface area contributed by atoms with E-state index in [1.165, 1.54) is 12.4 Å². The Morgan fingerprint density at radius 2 is 1.88 bits per heavy atom. The molecule has 8 heteroatoms. The van der Waals surface area contributed by atoms with Crippen LogP contribution in [0.4, 0.5) is 10.6 Å². The van der Waals surface area contributed by atoms with Crippen LogP contribution in [0.15, 0.2) is 12.4 Å². The number of rotatable bonds is 3. The van der Waals surface area contributed by atoms with Crippen molar-refractivity contribution < 1.29 is 19.4 Å². The van der Waals surface area contributed by atoms with Crippen molar-refractivity contribution in [3.8, 4) is 0 Å². The van der Waals surface area contributed by atoms with Crippen LogP contribution in [0, 0.1) is 0 Å². The highest BCUT2D eigenvalue weighted by molar-refractivity contribution is 5.70. The van der Waals surface area contributed by atoms with Crippen LogP contribution in [0.5, 0.6) is 0 Å². The standard InChI is InChI=1S/C16H24N4O4/c1-16(2,3)24-15(23)20-8-4-7-19(9-10-20)14-12(11-13(21)22)17-5-6-18-14/h5-6H,4,7-11H2,1-3H3,(H,21,22)/p-1. The Hall–Kier alpha value is -2.38. The number of ether oxygens (including phenoxy) is 1. The first-order valence-electron chi connectivity index (χ1n) is 7.99. The predicted octanol–water partition coefficient (Wildman–Crippen LogP) is 0.216. The number of carbonyl (C=O) groups is 2. The van der Waals surface area contributed by atoms with Crippen LogP contribution in [0.3, 0.4) is 0 Å². The van der Waals surface area contributed by atoms with E-state index in [0.717, 1.165) is 6.42 Å². The average molecular weight is 335 g/mol. The minimum atomic E-state index is -1.19. The molecule has 0 spiro atoms. The molecule has 0 bridgehead atoms. The number of carboxylic acids is 1. The molecule has 24 heavy (non-hydrogen) atoms. The predicted molar refractivity (Wildman–Crippen MR) is 85.4 cm³/mol. The molecule has 8 nitrogen and oxygen atoms in total. The minimum absolute atomic E-state index is 0.282. The van der Waals surface area contributed by atoms with E-state index in [-0.39, 0.29) is 12.5 Å². The molecule has 0 unspecified atom stereocenters. The third kappa shape index (κ3) is 5.07. The van der Waals surface area contributed by atoms with Gasteiger partial charge in [0.2, 0.25) is 0 Å². The maximum atomic E-state index is 12.2. The van der Waals surface area contributed by atoms with E-state index in [2.05, 4.69) is 9.97 Å². The van der Waals surface area contributed by atoms with Crippen molar-refractivity contribution in [1.82, 2.24) is 14.9 Å². The number of anilines is 1. The average Bonchev–Trinajstić information content (AvgIpc) is 2.71. The summed E-state index contributed by atoms with van der Waals surface area (Å²) in [7, 11) is 0. The maximum absolute atomic E-state index is 12.2. The molecule has 2 heterocycles. The zero-order chi connectivity index (χ0) is 17.7. The van der Waals surface area contributed by atoms with Crippen LogP contribution in [-0.2, 0) is 16.0 Å². The van der Waals surface area contributed by atoms with E-state index < -0.39 is 11.6 Å². The van der Waals surface area contributed by atoms with Gasteiger partial charge in [-0.3, -0.25) is 4.98 Å². The van der Waals surface area contributed by atoms with Gasteiger partial charge in [-0.15, -0.1) is 0 Å². The number of carbonyl (C=O) groups excluding carboxylic acids is 2. The number of aliphatic carboxylic acids is 1. The first kappa shape index (κ1) is 18.0. The number of carboxylic acid groups (broad SMARTS) is 1. The van der Waals surface area contributed by atoms with Crippen molar-refractivity contribution in [2.45, 2.75) is 39.2 Å². The van der Waals surface area contributed by atoms with Crippen molar-refractivity contribution >= 4 is 17.9 Å². The summed E-state index contributed by atoms with van der Waals surface area (Å²) in [6, 6.07) is 0. The quantitative estimate of drug-likeness (QED) is 0.779. The van der Waals surface area contributed by atoms with Crippen LogP contribution >= 0.6 is 0 Å². The van der Waals surface area contributed by atoms with Gasteiger partial charge in [0.05, 0.1) is 5.69 Å². The van der Waals surface area contributed by atoms with E-state index in [4.69, 9.17) is 4.74 Å². The van der Waals surface area contributed by atoms with Gasteiger partial charge in [-0.2, -0.15) is 0 Å². The van der Waals surface area contributed by atoms with Crippen molar-refractivity contribution in [3.05, 3.63) is 18.1 Å². The SMILES string of the molecule is CC(C)(C)OC(=O)N1CCCN(c2nccnc2CC(=O)[O-])CC1. The number of nitrogens with zero attached hydrogens (tertiary/aromatic N) is 4. The molecule has 1 amide bonds. The first-order chi connectivity index (χ1) is 11.3. The summed E-state index contributed by atoms with van der Waals surface area (Å²) in [6.07, 6.45) is 3.12. The second kappa shape index (κ2) is 7.46. The molecule has 1 aliphatic rings. The minimum Gasteiger partial charge on any atom is -0.550 e. The summed E-state index contributed by atoms with van der Waals surface area (Å²) in [5.41, 5.74) is -0.154. The highest BCUT2D eigenvalue weighted by atomic mass is 16.6. The molecular formula is C16H23N4O4-. The van der Waals surface area contributed by atoms with E-state index in [0.29, 0.717) is 37.7 Å². The second-order valence-electron chi connectivity index (χ2n) is 6.68. The fourth-order valence-electron chi connectivity index (χ4n) is 2.52. The fourth-order valence-corrected chi connectivity index (χ4v) is 2.52. The van der Waals surface area contributed by atoms with Crippen LogP contribution in [0.1, 0.15) is 32.9 Å². The molecule has 132 valence electrons. The zero-order valence-electron chi connectivity index (χ0n) is 14.3. The van der Waals surface area contributed by atoms with Gasteiger partial charge in [-0.25, -0.2) is 9.78 Å². The lowest BCUT2D eigenvalue weighted by Crippen LogP contribution is -2.39. The zero-order valence-corrected chi connectivity index (χ0v) is 14.3. The Balaban J connectivity index is 2.06. The Bertz CT molecular complexity index is 600. The molecule has 1 saturated heterocycles. The van der Waals surface area contributed by atoms with Gasteiger partial charge < -0.3 is 24.4 Å². The summed E-state index contributed by atoms with van der Waals surface area (Å²) in [5, 5.41) is 10.9. The molecule has 1 aromatic rings. The van der Waals surface area contributed by atoms with Crippen molar-refractivity contribution in [2.75, 3.05) is 31.1 Å². The van der Waals surface area contributed by atoms with E-state index in [1.54, 1.807) is 4.90 Å². The van der Waals surface area contributed by atoms with E-state index in [1.807, 2.05) is 25.7 Å². The molecular weight excluding hydrogens is 312 g/mol. The Morgan fingerprint density at radius 1 is 1.17 bits per heavy atom.